The Bertz CT molecular complexity index is 769. The molecule has 3 rings (SSSR count). The van der Waals surface area contributed by atoms with E-state index >= 15 is 0 Å². The molecule has 4 nitrogen and oxygen atoms in total. The van der Waals surface area contributed by atoms with E-state index < -0.39 is 0 Å². The summed E-state index contributed by atoms with van der Waals surface area (Å²) in [5.74, 6) is 1.30. The number of nitrogens with one attached hydrogen (secondary N) is 1. The number of anilines is 1. The summed E-state index contributed by atoms with van der Waals surface area (Å²) in [5.41, 5.74) is 0.542. The first-order valence-electron chi connectivity index (χ1n) is 7.35. The van der Waals surface area contributed by atoms with Gasteiger partial charge >= 0.3 is 0 Å². The number of rotatable bonds is 4. The van der Waals surface area contributed by atoms with E-state index in [2.05, 4.69) is 5.32 Å². The normalized spacial score (nSPS) is 14.1. The summed E-state index contributed by atoms with van der Waals surface area (Å²) >= 11 is 13.4. The number of fused-ring (bicyclic) bond motifs is 1. The number of ether oxygens (including phenoxy) is 2. The zero-order valence-corrected chi connectivity index (χ0v) is 15.2. The highest BCUT2D eigenvalue weighted by Gasteiger charge is 2.18. The van der Waals surface area contributed by atoms with Crippen LogP contribution in [0, 0.1) is 0 Å². The molecule has 0 fully saturated rings. The van der Waals surface area contributed by atoms with Gasteiger partial charge in [-0.15, -0.1) is 11.8 Å². The van der Waals surface area contributed by atoms with Gasteiger partial charge in [0.1, 0.15) is 13.2 Å². The Labute approximate surface area is 154 Å². The highest BCUT2D eigenvalue weighted by Crippen LogP contribution is 2.36. The van der Waals surface area contributed by atoms with Crippen molar-refractivity contribution in [3.05, 3.63) is 46.4 Å². The summed E-state index contributed by atoms with van der Waals surface area (Å²) in [6, 6.07) is 10.6. The number of carbonyl (C=O) groups is 1. The summed E-state index contributed by atoms with van der Waals surface area (Å²) in [5, 5.41) is 3.44. The van der Waals surface area contributed by atoms with Crippen LogP contribution in [0.1, 0.15) is 6.92 Å². The van der Waals surface area contributed by atoms with Crippen molar-refractivity contribution in [1.29, 1.82) is 0 Å². The van der Waals surface area contributed by atoms with Crippen molar-refractivity contribution in [1.82, 2.24) is 0 Å². The Morgan fingerprint density at radius 2 is 1.88 bits per heavy atom. The van der Waals surface area contributed by atoms with Crippen molar-refractivity contribution in [2.24, 2.45) is 0 Å². The van der Waals surface area contributed by atoms with Crippen LogP contribution in [0.5, 0.6) is 11.5 Å². The number of thioether (sulfide) groups is 1. The van der Waals surface area contributed by atoms with E-state index in [1.165, 1.54) is 11.8 Å². The van der Waals surface area contributed by atoms with E-state index in [0.29, 0.717) is 34.7 Å². The maximum atomic E-state index is 12.4. The van der Waals surface area contributed by atoms with Crippen LogP contribution in [0.25, 0.3) is 0 Å². The highest BCUT2D eigenvalue weighted by molar-refractivity contribution is 8.00. The van der Waals surface area contributed by atoms with E-state index in [1.54, 1.807) is 18.2 Å². The van der Waals surface area contributed by atoms with Crippen molar-refractivity contribution in [2.75, 3.05) is 18.5 Å². The van der Waals surface area contributed by atoms with Crippen molar-refractivity contribution >= 4 is 46.6 Å². The zero-order chi connectivity index (χ0) is 17.1. The lowest BCUT2D eigenvalue weighted by atomic mass is 10.3. The maximum absolute atomic E-state index is 12.4. The molecule has 24 heavy (non-hydrogen) atoms. The third kappa shape index (κ3) is 4.09. The second-order valence-electron chi connectivity index (χ2n) is 5.18. The van der Waals surface area contributed by atoms with Crippen LogP contribution < -0.4 is 14.8 Å². The lowest BCUT2D eigenvalue weighted by molar-refractivity contribution is -0.115. The molecule has 1 atom stereocenters. The molecule has 2 aromatic rings. The number of halogens is 2. The topological polar surface area (TPSA) is 47.6 Å². The van der Waals surface area contributed by atoms with Gasteiger partial charge in [-0.05, 0) is 43.3 Å². The Kier molecular flexibility index (Phi) is 5.43. The van der Waals surface area contributed by atoms with Crippen LogP contribution in [-0.2, 0) is 4.79 Å². The summed E-state index contributed by atoms with van der Waals surface area (Å²) < 4.78 is 11.1. The molecule has 1 N–H and O–H groups in total. The van der Waals surface area contributed by atoms with Gasteiger partial charge in [-0.2, -0.15) is 0 Å². The number of benzene rings is 2. The van der Waals surface area contributed by atoms with Crippen molar-refractivity contribution in [3.8, 4) is 11.5 Å². The first kappa shape index (κ1) is 17.3. The van der Waals surface area contributed by atoms with E-state index in [1.807, 2.05) is 25.1 Å². The lowest BCUT2D eigenvalue weighted by Gasteiger charge is -2.19. The quantitative estimate of drug-likeness (QED) is 0.763. The lowest BCUT2D eigenvalue weighted by Crippen LogP contribution is -2.22. The molecule has 1 amide bonds. The van der Waals surface area contributed by atoms with Crippen molar-refractivity contribution in [2.45, 2.75) is 17.1 Å². The highest BCUT2D eigenvalue weighted by atomic mass is 35.5. The Morgan fingerprint density at radius 1 is 1.12 bits per heavy atom. The van der Waals surface area contributed by atoms with Gasteiger partial charge in [0.2, 0.25) is 5.91 Å². The average molecular weight is 384 g/mol. The van der Waals surface area contributed by atoms with E-state index in [4.69, 9.17) is 32.7 Å². The molecule has 0 unspecified atom stereocenters. The summed E-state index contributed by atoms with van der Waals surface area (Å²) in [4.78, 5) is 13.3. The van der Waals surface area contributed by atoms with Crippen molar-refractivity contribution in [3.63, 3.8) is 0 Å². The van der Waals surface area contributed by atoms with Gasteiger partial charge < -0.3 is 14.8 Å². The zero-order valence-electron chi connectivity index (χ0n) is 12.8. The Balaban J connectivity index is 1.65. The second-order valence-corrected chi connectivity index (χ2v) is 7.44. The molecule has 0 saturated heterocycles. The minimum Gasteiger partial charge on any atom is -0.486 e. The largest absolute Gasteiger partial charge is 0.486 e. The summed E-state index contributed by atoms with van der Waals surface area (Å²) in [6.07, 6.45) is 0. The number of carbonyl (C=O) groups excluding carboxylic acids is 1. The summed E-state index contributed by atoms with van der Waals surface area (Å²) in [6.45, 7) is 2.92. The summed E-state index contributed by atoms with van der Waals surface area (Å²) in [7, 11) is 0. The van der Waals surface area contributed by atoms with Crippen LogP contribution in [0.4, 0.5) is 5.69 Å². The minimum absolute atomic E-state index is 0.140. The van der Waals surface area contributed by atoms with Gasteiger partial charge in [0, 0.05) is 9.92 Å². The third-order valence-electron chi connectivity index (χ3n) is 3.38. The standard InChI is InChI=1S/C17H15Cl2NO3S/c1-10(17(21)20-14-4-2-11(18)8-13(14)19)24-12-3-5-15-16(9-12)23-7-6-22-15/h2-5,8-10H,6-7H2,1H3,(H,20,21)/t10-/m0/s1. The number of amides is 1. The molecule has 126 valence electrons. The van der Waals surface area contributed by atoms with Crippen LogP contribution in [0.3, 0.4) is 0 Å². The smallest absolute Gasteiger partial charge is 0.237 e. The molecule has 0 bridgehead atoms. The van der Waals surface area contributed by atoms with Crippen LogP contribution >= 0.6 is 35.0 Å². The minimum atomic E-state index is -0.306. The van der Waals surface area contributed by atoms with Gasteiger partial charge in [-0.1, -0.05) is 23.2 Å². The molecule has 1 heterocycles. The van der Waals surface area contributed by atoms with E-state index in [9.17, 15) is 4.79 Å². The van der Waals surface area contributed by atoms with Crippen molar-refractivity contribution < 1.29 is 14.3 Å². The first-order chi connectivity index (χ1) is 11.5. The molecule has 0 aromatic heterocycles. The van der Waals surface area contributed by atoms with E-state index in [-0.39, 0.29) is 11.2 Å². The second kappa shape index (κ2) is 7.55. The Morgan fingerprint density at radius 3 is 2.62 bits per heavy atom. The monoisotopic (exact) mass is 383 g/mol. The predicted octanol–water partition coefficient (Wildman–Crippen LogP) is 4.88. The predicted molar refractivity (Wildman–Crippen MR) is 97.8 cm³/mol. The molecule has 2 aromatic carbocycles. The van der Waals surface area contributed by atoms with Gasteiger partial charge in [0.05, 0.1) is 16.0 Å². The van der Waals surface area contributed by atoms with Gasteiger partial charge in [-0.25, -0.2) is 0 Å². The number of hydrogen-bond acceptors (Lipinski definition) is 4. The fraction of sp³-hybridized carbons (Fsp3) is 0.235. The molecule has 0 aliphatic carbocycles. The molecule has 1 aliphatic rings. The van der Waals surface area contributed by atoms with Crippen LogP contribution in [0.15, 0.2) is 41.3 Å². The molecular formula is C17H15Cl2NO3S. The SMILES string of the molecule is C[C@H](Sc1ccc2c(c1)OCCO2)C(=O)Nc1ccc(Cl)cc1Cl. The number of hydrogen-bond donors (Lipinski definition) is 1. The van der Waals surface area contributed by atoms with Gasteiger partial charge in [-0.3, -0.25) is 4.79 Å². The maximum Gasteiger partial charge on any atom is 0.237 e. The first-order valence-corrected chi connectivity index (χ1v) is 8.99. The third-order valence-corrected chi connectivity index (χ3v) is 5.03. The van der Waals surface area contributed by atoms with Crippen LogP contribution in [-0.4, -0.2) is 24.4 Å². The molecule has 7 heteroatoms. The fourth-order valence-corrected chi connectivity index (χ4v) is 3.53. The molecule has 0 radical (unpaired) electrons. The Hall–Kier alpha value is -1.56. The molecule has 0 saturated carbocycles. The average Bonchev–Trinajstić information content (AvgIpc) is 2.57. The van der Waals surface area contributed by atoms with Gasteiger partial charge in [0.15, 0.2) is 11.5 Å². The molecule has 0 spiro atoms. The molecular weight excluding hydrogens is 369 g/mol. The van der Waals surface area contributed by atoms with E-state index in [0.717, 1.165) is 10.6 Å². The fourth-order valence-electron chi connectivity index (χ4n) is 2.18. The van der Waals surface area contributed by atoms with Gasteiger partial charge in [0.25, 0.3) is 0 Å². The molecule has 1 aliphatic heterocycles. The van der Waals surface area contributed by atoms with Crippen LogP contribution in [0.2, 0.25) is 10.0 Å².